The maximum atomic E-state index is 3.83. The Morgan fingerprint density at radius 2 is 1.82 bits per heavy atom. The van der Waals surface area contributed by atoms with Gasteiger partial charge < -0.3 is 0 Å². The summed E-state index contributed by atoms with van der Waals surface area (Å²) in [5.74, 6) is 0. The van der Waals surface area contributed by atoms with Gasteiger partial charge in [-0.25, -0.2) is 0 Å². The highest BCUT2D eigenvalue weighted by atomic mass is 14.3. The van der Waals surface area contributed by atoms with Crippen molar-refractivity contribution in [3.63, 3.8) is 0 Å². The third-order valence-corrected chi connectivity index (χ3v) is 2.79. The minimum absolute atomic E-state index is 0.344. The van der Waals surface area contributed by atoms with Crippen molar-refractivity contribution < 1.29 is 0 Å². The lowest BCUT2D eigenvalue weighted by atomic mass is 9.77. The minimum atomic E-state index is 0.344. The summed E-state index contributed by atoms with van der Waals surface area (Å²) in [5.41, 5.74) is 1.72. The van der Waals surface area contributed by atoms with E-state index in [-0.39, 0.29) is 0 Å². The van der Waals surface area contributed by atoms with Crippen LogP contribution in [0.4, 0.5) is 0 Å². The topological polar surface area (TPSA) is 0 Å². The van der Waals surface area contributed by atoms with Gasteiger partial charge in [-0.05, 0) is 30.8 Å². The molecule has 0 aromatic heterocycles. The lowest BCUT2D eigenvalue weighted by Gasteiger charge is -2.28. The van der Waals surface area contributed by atoms with Crippen molar-refractivity contribution in [2.24, 2.45) is 5.41 Å². The van der Waals surface area contributed by atoms with Gasteiger partial charge in [0.25, 0.3) is 0 Å². The molecule has 0 heterocycles. The molecule has 0 saturated heterocycles. The molecule has 0 atom stereocenters. The summed E-state index contributed by atoms with van der Waals surface area (Å²) in [7, 11) is 0. The molecule has 0 saturated carbocycles. The largest absolute Gasteiger partial charge is 0.0988 e. The smallest absolute Gasteiger partial charge is 0.00840 e. The Morgan fingerprint density at radius 3 is 1.91 bits per heavy atom. The Labute approximate surface area is 71.0 Å². The first-order valence-electron chi connectivity index (χ1n) is 4.43. The standard InChI is InChI=1S/C11H20/c1-6-10(7-2)11(5,8-3)9-4/h6-7H,1,8-9H2,2-5H3. The van der Waals surface area contributed by atoms with Gasteiger partial charge in [-0.3, -0.25) is 0 Å². The lowest BCUT2D eigenvalue weighted by molar-refractivity contribution is 0.376. The first-order valence-corrected chi connectivity index (χ1v) is 4.43. The monoisotopic (exact) mass is 152 g/mol. The highest BCUT2D eigenvalue weighted by Crippen LogP contribution is 2.34. The SMILES string of the molecule is C=CC(=CC)C(C)(CC)CC. The molecule has 0 radical (unpaired) electrons. The first kappa shape index (κ1) is 10.5. The summed E-state index contributed by atoms with van der Waals surface area (Å²) in [6.45, 7) is 12.7. The molecular weight excluding hydrogens is 132 g/mol. The molecule has 0 rings (SSSR count). The fourth-order valence-electron chi connectivity index (χ4n) is 1.37. The summed E-state index contributed by atoms with van der Waals surface area (Å²) in [4.78, 5) is 0. The molecule has 0 aliphatic carbocycles. The van der Waals surface area contributed by atoms with Crippen LogP contribution in [0.5, 0.6) is 0 Å². The van der Waals surface area contributed by atoms with E-state index < -0.39 is 0 Å². The van der Waals surface area contributed by atoms with Gasteiger partial charge in [0.15, 0.2) is 0 Å². The van der Waals surface area contributed by atoms with Crippen LogP contribution in [0.3, 0.4) is 0 Å². The number of hydrogen-bond donors (Lipinski definition) is 0. The molecule has 0 aromatic rings. The zero-order valence-electron chi connectivity index (χ0n) is 8.28. The quantitative estimate of drug-likeness (QED) is 0.535. The van der Waals surface area contributed by atoms with E-state index in [0.717, 1.165) is 0 Å². The molecule has 0 nitrogen and oxygen atoms in total. The maximum Gasteiger partial charge on any atom is -0.00840 e. The second-order valence-corrected chi connectivity index (χ2v) is 3.22. The van der Waals surface area contributed by atoms with Crippen LogP contribution < -0.4 is 0 Å². The summed E-state index contributed by atoms with van der Waals surface area (Å²) in [6, 6.07) is 0. The normalized spacial score (nSPS) is 13.3. The number of allylic oxidation sites excluding steroid dienone is 3. The third kappa shape index (κ3) is 2.21. The Morgan fingerprint density at radius 1 is 1.36 bits per heavy atom. The second kappa shape index (κ2) is 4.38. The van der Waals surface area contributed by atoms with Gasteiger partial charge in [0, 0.05) is 0 Å². The van der Waals surface area contributed by atoms with Crippen molar-refractivity contribution in [1.82, 2.24) is 0 Å². The minimum Gasteiger partial charge on any atom is -0.0988 e. The fourth-order valence-corrected chi connectivity index (χ4v) is 1.37. The van der Waals surface area contributed by atoms with E-state index in [1.54, 1.807) is 0 Å². The van der Waals surface area contributed by atoms with E-state index in [2.05, 4.69) is 40.3 Å². The van der Waals surface area contributed by atoms with Crippen molar-refractivity contribution in [3.8, 4) is 0 Å². The molecule has 0 bridgehead atoms. The zero-order valence-corrected chi connectivity index (χ0v) is 8.28. The van der Waals surface area contributed by atoms with E-state index in [9.17, 15) is 0 Å². The van der Waals surface area contributed by atoms with Gasteiger partial charge in [-0.2, -0.15) is 0 Å². The number of rotatable bonds is 4. The van der Waals surface area contributed by atoms with Gasteiger partial charge >= 0.3 is 0 Å². The van der Waals surface area contributed by atoms with Crippen LogP contribution >= 0.6 is 0 Å². The molecule has 0 aromatic carbocycles. The van der Waals surface area contributed by atoms with E-state index in [4.69, 9.17) is 0 Å². The molecular formula is C11H20. The van der Waals surface area contributed by atoms with Crippen LogP contribution in [-0.4, -0.2) is 0 Å². The average molecular weight is 152 g/mol. The van der Waals surface area contributed by atoms with Crippen LogP contribution in [0.25, 0.3) is 0 Å². The van der Waals surface area contributed by atoms with Gasteiger partial charge in [0.05, 0.1) is 0 Å². The van der Waals surface area contributed by atoms with Crippen LogP contribution in [0.1, 0.15) is 40.5 Å². The molecule has 0 N–H and O–H groups in total. The summed E-state index contributed by atoms with van der Waals surface area (Å²) in [6.07, 6.45) is 6.53. The van der Waals surface area contributed by atoms with Crippen LogP contribution in [0.15, 0.2) is 24.3 Å². The highest BCUT2D eigenvalue weighted by molar-refractivity contribution is 5.23. The zero-order chi connectivity index (χ0) is 8.91. The molecule has 0 unspecified atom stereocenters. The summed E-state index contributed by atoms with van der Waals surface area (Å²) >= 11 is 0. The van der Waals surface area contributed by atoms with Gasteiger partial charge in [-0.1, -0.05) is 39.5 Å². The fraction of sp³-hybridized carbons (Fsp3) is 0.636. The van der Waals surface area contributed by atoms with Crippen molar-refractivity contribution in [3.05, 3.63) is 24.3 Å². The van der Waals surface area contributed by atoms with Crippen LogP contribution in [-0.2, 0) is 0 Å². The predicted molar refractivity (Wildman–Crippen MR) is 52.6 cm³/mol. The van der Waals surface area contributed by atoms with Gasteiger partial charge in [0.1, 0.15) is 0 Å². The third-order valence-electron chi connectivity index (χ3n) is 2.79. The molecule has 64 valence electrons. The van der Waals surface area contributed by atoms with E-state index >= 15 is 0 Å². The van der Waals surface area contributed by atoms with Gasteiger partial charge in [0.2, 0.25) is 0 Å². The Balaban J connectivity index is 4.59. The molecule has 0 fully saturated rings. The van der Waals surface area contributed by atoms with Crippen molar-refractivity contribution >= 4 is 0 Å². The Hall–Kier alpha value is -0.520. The summed E-state index contributed by atoms with van der Waals surface area (Å²) in [5, 5.41) is 0. The van der Waals surface area contributed by atoms with E-state index in [1.807, 2.05) is 6.08 Å². The van der Waals surface area contributed by atoms with Crippen molar-refractivity contribution in [1.29, 1.82) is 0 Å². The molecule has 0 aliphatic rings. The van der Waals surface area contributed by atoms with Crippen LogP contribution in [0.2, 0.25) is 0 Å². The average Bonchev–Trinajstić information content (AvgIpc) is 2.06. The molecule has 0 heteroatoms. The molecule has 0 spiro atoms. The summed E-state index contributed by atoms with van der Waals surface area (Å²) < 4.78 is 0. The number of hydrogen-bond acceptors (Lipinski definition) is 0. The second-order valence-electron chi connectivity index (χ2n) is 3.22. The highest BCUT2D eigenvalue weighted by Gasteiger charge is 2.21. The first-order chi connectivity index (χ1) is 5.14. The molecule has 0 amide bonds. The van der Waals surface area contributed by atoms with Crippen molar-refractivity contribution in [2.45, 2.75) is 40.5 Å². The Kier molecular flexibility index (Phi) is 4.17. The lowest BCUT2D eigenvalue weighted by Crippen LogP contribution is -2.15. The predicted octanol–water partition coefficient (Wildman–Crippen LogP) is 3.95. The maximum absolute atomic E-state index is 3.83. The van der Waals surface area contributed by atoms with Gasteiger partial charge in [-0.15, -0.1) is 0 Å². The van der Waals surface area contributed by atoms with Crippen molar-refractivity contribution in [2.75, 3.05) is 0 Å². The van der Waals surface area contributed by atoms with E-state index in [0.29, 0.717) is 5.41 Å². The molecule has 0 aliphatic heterocycles. The Bertz CT molecular complexity index is 147. The van der Waals surface area contributed by atoms with Crippen LogP contribution in [0, 0.1) is 5.41 Å². The molecule has 11 heavy (non-hydrogen) atoms. The van der Waals surface area contributed by atoms with E-state index in [1.165, 1.54) is 18.4 Å².